The zero-order valence-electron chi connectivity index (χ0n) is 15.3. The quantitative estimate of drug-likeness (QED) is 0.350. The average molecular weight is 519 g/mol. The topological polar surface area (TPSA) is 28.5 Å². The molecule has 0 unspecified atom stereocenters. The van der Waals surface area contributed by atoms with E-state index in [-0.39, 0.29) is 5.91 Å². The lowest BCUT2D eigenvalue weighted by molar-refractivity contribution is -0.121. The molecule has 1 aliphatic rings. The van der Waals surface area contributed by atoms with E-state index in [0.29, 0.717) is 10.8 Å². The van der Waals surface area contributed by atoms with Crippen molar-refractivity contribution in [3.63, 3.8) is 0 Å². The first-order valence-corrected chi connectivity index (χ1v) is 10.6. The third kappa shape index (κ3) is 3.43. The number of benzene rings is 2. The van der Waals surface area contributed by atoms with Crippen LogP contribution >= 0.6 is 44.1 Å². The Labute approximate surface area is 185 Å². The van der Waals surface area contributed by atoms with E-state index in [4.69, 9.17) is 12.2 Å². The molecule has 0 N–H and O–H groups in total. The lowest BCUT2D eigenvalue weighted by atomic mass is 10.1. The molecule has 1 aromatic heterocycles. The number of rotatable bonds is 3. The van der Waals surface area contributed by atoms with Gasteiger partial charge in [0.1, 0.15) is 5.70 Å². The van der Waals surface area contributed by atoms with Crippen LogP contribution in [-0.2, 0) is 11.3 Å². The van der Waals surface area contributed by atoms with E-state index in [1.54, 1.807) is 11.9 Å². The molecule has 1 aliphatic heterocycles. The van der Waals surface area contributed by atoms with Crippen LogP contribution in [-0.4, -0.2) is 39.5 Å². The number of carbonyl (C=O) groups excluding carboxylic acids is 1. The van der Waals surface area contributed by atoms with Crippen molar-refractivity contribution in [2.45, 2.75) is 6.54 Å². The van der Waals surface area contributed by atoms with E-state index in [1.807, 2.05) is 31.3 Å². The molecule has 0 atom stereocenters. The number of aromatic nitrogens is 1. The highest BCUT2D eigenvalue weighted by Crippen LogP contribution is 2.30. The highest BCUT2D eigenvalue weighted by molar-refractivity contribution is 9.10. The largest absolute Gasteiger partial charge is 0.342 e. The number of likely N-dealkylation sites (N-methyl/N-ethyl adjacent to an activating group) is 2. The molecule has 1 amide bonds. The van der Waals surface area contributed by atoms with Crippen LogP contribution < -0.4 is 0 Å². The van der Waals surface area contributed by atoms with Gasteiger partial charge >= 0.3 is 0 Å². The maximum Gasteiger partial charge on any atom is 0.276 e. The van der Waals surface area contributed by atoms with Crippen LogP contribution in [0.2, 0.25) is 0 Å². The molecule has 2 aromatic carbocycles. The molecule has 142 valence electrons. The Morgan fingerprint density at radius 2 is 1.68 bits per heavy atom. The molecule has 7 heteroatoms. The molecule has 4 nitrogen and oxygen atoms in total. The van der Waals surface area contributed by atoms with Gasteiger partial charge in [0.05, 0.1) is 0 Å². The summed E-state index contributed by atoms with van der Waals surface area (Å²) in [4.78, 5) is 15.8. The minimum atomic E-state index is -0.0868. The molecule has 0 saturated carbocycles. The molecule has 3 aromatic rings. The summed E-state index contributed by atoms with van der Waals surface area (Å²) in [5.74, 6) is -0.0868. The van der Waals surface area contributed by atoms with E-state index in [2.05, 4.69) is 66.9 Å². The normalized spacial score (nSPS) is 16.1. The summed E-state index contributed by atoms with van der Waals surface area (Å²) in [7, 11) is 3.53. The number of hydrogen-bond acceptors (Lipinski definition) is 2. The predicted molar refractivity (Wildman–Crippen MR) is 124 cm³/mol. The minimum absolute atomic E-state index is 0.0868. The minimum Gasteiger partial charge on any atom is -0.342 e. The van der Waals surface area contributed by atoms with Crippen molar-refractivity contribution in [2.24, 2.45) is 0 Å². The molecule has 1 saturated heterocycles. The summed E-state index contributed by atoms with van der Waals surface area (Å²) in [6.07, 6.45) is 4.01. The Morgan fingerprint density at radius 3 is 2.32 bits per heavy atom. The van der Waals surface area contributed by atoms with Gasteiger partial charge in [0.25, 0.3) is 5.91 Å². The number of amides is 1. The van der Waals surface area contributed by atoms with E-state index < -0.39 is 0 Å². The number of carbonyl (C=O) groups is 1. The summed E-state index contributed by atoms with van der Waals surface area (Å²) in [6.45, 7) is 0.747. The fourth-order valence-corrected chi connectivity index (χ4v) is 4.17. The van der Waals surface area contributed by atoms with Crippen molar-refractivity contribution >= 4 is 72.1 Å². The second kappa shape index (κ2) is 7.46. The van der Waals surface area contributed by atoms with Gasteiger partial charge < -0.3 is 9.47 Å². The number of thiocarbonyl (C=S) groups is 1. The van der Waals surface area contributed by atoms with E-state index in [9.17, 15) is 4.79 Å². The van der Waals surface area contributed by atoms with Crippen molar-refractivity contribution in [3.05, 3.63) is 74.4 Å². The monoisotopic (exact) mass is 517 g/mol. The maximum atomic E-state index is 12.6. The third-order valence-electron chi connectivity index (χ3n) is 4.89. The summed E-state index contributed by atoms with van der Waals surface area (Å²) >= 11 is 12.4. The Hall–Kier alpha value is -1.96. The highest BCUT2D eigenvalue weighted by Gasteiger charge is 2.32. The molecular weight excluding hydrogens is 502 g/mol. The third-order valence-corrected chi connectivity index (χ3v) is 6.46. The van der Waals surface area contributed by atoms with Gasteiger partial charge in [-0.1, -0.05) is 44.0 Å². The van der Waals surface area contributed by atoms with Gasteiger partial charge in [-0.25, -0.2) is 0 Å². The summed E-state index contributed by atoms with van der Waals surface area (Å²) in [5, 5.41) is 1.59. The predicted octanol–water partition coefficient (Wildman–Crippen LogP) is 5.24. The molecule has 0 bridgehead atoms. The molecule has 4 rings (SSSR count). The molecular formula is C21H17Br2N3OS. The summed E-state index contributed by atoms with van der Waals surface area (Å²) in [5.41, 5.74) is 3.89. The maximum absolute atomic E-state index is 12.6. The van der Waals surface area contributed by atoms with Crippen molar-refractivity contribution in [3.8, 4) is 0 Å². The first kappa shape index (κ1) is 19.4. The fourth-order valence-electron chi connectivity index (χ4n) is 3.37. The molecule has 1 fully saturated rings. The van der Waals surface area contributed by atoms with Gasteiger partial charge in [-0.3, -0.25) is 9.69 Å². The van der Waals surface area contributed by atoms with E-state index in [0.717, 1.165) is 32.0 Å². The molecule has 0 spiro atoms. The van der Waals surface area contributed by atoms with Gasteiger partial charge in [-0.05, 0) is 54.2 Å². The highest BCUT2D eigenvalue weighted by atomic mass is 79.9. The van der Waals surface area contributed by atoms with Crippen molar-refractivity contribution in [1.82, 2.24) is 14.4 Å². The van der Waals surface area contributed by atoms with E-state index in [1.165, 1.54) is 10.5 Å². The zero-order chi connectivity index (χ0) is 20.0. The smallest absolute Gasteiger partial charge is 0.276 e. The van der Waals surface area contributed by atoms with Crippen LogP contribution in [0.3, 0.4) is 0 Å². The van der Waals surface area contributed by atoms with E-state index >= 15 is 0 Å². The molecule has 28 heavy (non-hydrogen) atoms. The van der Waals surface area contributed by atoms with Crippen molar-refractivity contribution in [1.29, 1.82) is 0 Å². The SMILES string of the molecule is CN1C(=O)/C(=C/c2cn(Cc3ccc(Br)cc3)c3ccc(Br)cc23)N(C)C1=S. The number of halogens is 2. The van der Waals surface area contributed by atoms with Crippen LogP contribution in [0.5, 0.6) is 0 Å². The lowest BCUT2D eigenvalue weighted by Gasteiger charge is -2.10. The second-order valence-electron chi connectivity index (χ2n) is 6.74. The Morgan fingerprint density at radius 1 is 1.00 bits per heavy atom. The van der Waals surface area contributed by atoms with Gasteiger partial charge in [-0.15, -0.1) is 0 Å². The lowest BCUT2D eigenvalue weighted by Crippen LogP contribution is -2.26. The Balaban J connectivity index is 1.82. The average Bonchev–Trinajstić information content (AvgIpc) is 3.09. The van der Waals surface area contributed by atoms with Crippen LogP contribution in [0.15, 0.2) is 63.3 Å². The van der Waals surface area contributed by atoms with Crippen LogP contribution in [0, 0.1) is 0 Å². The zero-order valence-corrected chi connectivity index (χ0v) is 19.3. The number of fused-ring (bicyclic) bond motifs is 1. The van der Waals surface area contributed by atoms with Gasteiger partial charge in [0, 0.05) is 52.2 Å². The number of nitrogens with zero attached hydrogens (tertiary/aromatic N) is 3. The van der Waals surface area contributed by atoms with Crippen LogP contribution in [0.1, 0.15) is 11.1 Å². The molecule has 0 radical (unpaired) electrons. The van der Waals surface area contributed by atoms with Gasteiger partial charge in [0.2, 0.25) is 0 Å². The summed E-state index contributed by atoms with van der Waals surface area (Å²) in [6, 6.07) is 14.5. The van der Waals surface area contributed by atoms with Crippen LogP contribution in [0.4, 0.5) is 0 Å². The van der Waals surface area contributed by atoms with Crippen LogP contribution in [0.25, 0.3) is 17.0 Å². The molecule has 2 heterocycles. The Kier molecular flexibility index (Phi) is 5.16. The van der Waals surface area contributed by atoms with Gasteiger partial charge in [0.15, 0.2) is 5.11 Å². The first-order chi connectivity index (χ1) is 13.3. The van der Waals surface area contributed by atoms with Crippen molar-refractivity contribution in [2.75, 3.05) is 14.1 Å². The second-order valence-corrected chi connectivity index (χ2v) is 8.93. The fraction of sp³-hybridized carbons (Fsp3) is 0.143. The molecule has 0 aliphatic carbocycles. The first-order valence-electron chi connectivity index (χ1n) is 8.65. The number of hydrogen-bond donors (Lipinski definition) is 0. The van der Waals surface area contributed by atoms with Gasteiger partial charge in [-0.2, -0.15) is 0 Å². The Bertz CT molecular complexity index is 1130. The summed E-state index contributed by atoms with van der Waals surface area (Å²) < 4.78 is 4.27. The van der Waals surface area contributed by atoms with Crippen molar-refractivity contribution < 1.29 is 4.79 Å². The standard InChI is InChI=1S/C21H17Br2N3OS/c1-24-19(20(27)25(2)21(24)28)9-14-12-26(11-13-3-5-15(22)6-4-13)18-8-7-16(23)10-17(14)18/h3-10,12H,11H2,1-2H3/b19-9-.